The molecule has 3 aliphatic heterocycles. The van der Waals surface area contributed by atoms with E-state index >= 15 is 0 Å². The van der Waals surface area contributed by atoms with Crippen LogP contribution in [0.1, 0.15) is 49.9 Å². The van der Waals surface area contributed by atoms with Crippen molar-refractivity contribution in [2.24, 2.45) is 0 Å². The Labute approximate surface area is 172 Å². The molecular weight excluding hydrogens is 364 g/mol. The van der Waals surface area contributed by atoms with Crippen LogP contribution in [0.2, 0.25) is 0 Å². The van der Waals surface area contributed by atoms with Gasteiger partial charge in [0.2, 0.25) is 0 Å². The van der Waals surface area contributed by atoms with Gasteiger partial charge in [-0.3, -0.25) is 0 Å². The van der Waals surface area contributed by atoms with Gasteiger partial charge in [-0.15, -0.1) is 0 Å². The third kappa shape index (κ3) is 3.23. The van der Waals surface area contributed by atoms with E-state index in [9.17, 15) is 5.11 Å². The molecule has 0 amide bonds. The quantitative estimate of drug-likeness (QED) is 0.858. The zero-order chi connectivity index (χ0) is 20.0. The first-order valence-electron chi connectivity index (χ1n) is 10.8. The van der Waals surface area contributed by atoms with Crippen molar-refractivity contribution in [2.75, 3.05) is 30.0 Å². The molecule has 1 aromatic heterocycles. The molecule has 154 valence electrons. The van der Waals surface area contributed by atoms with Gasteiger partial charge in [-0.1, -0.05) is 18.2 Å². The molecule has 6 nitrogen and oxygen atoms in total. The molecule has 0 aliphatic carbocycles. The number of para-hydroxylation sites is 1. The highest BCUT2D eigenvalue weighted by atomic mass is 16.5. The molecule has 0 radical (unpaired) electrons. The molecule has 2 aromatic rings. The van der Waals surface area contributed by atoms with Crippen molar-refractivity contribution >= 4 is 11.6 Å². The number of hydrogen-bond donors (Lipinski definition) is 1. The van der Waals surface area contributed by atoms with Gasteiger partial charge in [0.1, 0.15) is 23.2 Å². The molecule has 2 atom stereocenters. The third-order valence-corrected chi connectivity index (χ3v) is 6.88. The summed E-state index contributed by atoms with van der Waals surface area (Å²) in [5.41, 5.74) is 0.0603. The van der Waals surface area contributed by atoms with Crippen molar-refractivity contribution in [2.45, 2.75) is 63.1 Å². The third-order valence-electron chi connectivity index (χ3n) is 6.88. The minimum absolute atomic E-state index is 0.282. The number of piperidine rings is 1. The molecule has 2 unspecified atom stereocenters. The Morgan fingerprint density at radius 1 is 1.03 bits per heavy atom. The number of aliphatic hydroxyl groups is 1. The van der Waals surface area contributed by atoms with Crippen LogP contribution in [0.25, 0.3) is 0 Å². The fourth-order valence-electron chi connectivity index (χ4n) is 5.63. The Balaban J connectivity index is 1.45. The lowest BCUT2D eigenvalue weighted by atomic mass is 9.80. The summed E-state index contributed by atoms with van der Waals surface area (Å²) in [6, 6.07) is 10.6. The molecular formula is C23H30N4O2. The van der Waals surface area contributed by atoms with Crippen molar-refractivity contribution in [3.05, 3.63) is 41.7 Å². The van der Waals surface area contributed by atoms with E-state index < -0.39 is 5.60 Å². The average molecular weight is 395 g/mol. The average Bonchev–Trinajstić information content (AvgIpc) is 3.35. The number of hydrogen-bond acceptors (Lipinski definition) is 6. The maximum atomic E-state index is 11.6. The number of rotatable bonds is 4. The Bertz CT molecular complexity index is 882. The smallest absolute Gasteiger partial charge is 0.134 e. The van der Waals surface area contributed by atoms with Crippen LogP contribution in [0.5, 0.6) is 5.75 Å². The standard InChI is InChI=1S/C23H30N4O2/c1-16-24-21(26-11-5-6-12-26)13-22(25-16)27-17-9-10-18(27)15-23(28,14-17)19-7-3-4-8-20(19)29-2/h3-4,7-8,13,17-18,28H,5-6,9-12,14-15H2,1-2H3. The lowest BCUT2D eigenvalue weighted by molar-refractivity contribution is -0.00508. The van der Waals surface area contributed by atoms with Crippen LogP contribution in [-0.4, -0.2) is 47.4 Å². The summed E-state index contributed by atoms with van der Waals surface area (Å²) in [4.78, 5) is 14.3. The predicted molar refractivity (Wildman–Crippen MR) is 114 cm³/mol. The van der Waals surface area contributed by atoms with E-state index in [2.05, 4.69) is 15.9 Å². The van der Waals surface area contributed by atoms with E-state index in [4.69, 9.17) is 14.7 Å². The minimum Gasteiger partial charge on any atom is -0.496 e. The fraction of sp³-hybridized carbons (Fsp3) is 0.565. The lowest BCUT2D eigenvalue weighted by Crippen LogP contribution is -2.50. The Hall–Kier alpha value is -2.34. The van der Waals surface area contributed by atoms with Crippen molar-refractivity contribution in [1.29, 1.82) is 0 Å². The van der Waals surface area contributed by atoms with E-state index in [-0.39, 0.29) is 12.1 Å². The van der Waals surface area contributed by atoms with Gasteiger partial charge in [0, 0.05) is 49.6 Å². The van der Waals surface area contributed by atoms with Crippen LogP contribution in [0, 0.1) is 6.92 Å². The van der Waals surface area contributed by atoms with Gasteiger partial charge in [0.25, 0.3) is 0 Å². The van der Waals surface area contributed by atoms with Crippen molar-refractivity contribution in [3.8, 4) is 5.75 Å². The maximum absolute atomic E-state index is 11.6. The molecule has 6 heteroatoms. The first-order valence-corrected chi connectivity index (χ1v) is 10.8. The Morgan fingerprint density at radius 2 is 1.69 bits per heavy atom. The first kappa shape index (κ1) is 18.7. The van der Waals surface area contributed by atoms with E-state index in [0.717, 1.165) is 54.7 Å². The molecule has 1 N–H and O–H groups in total. The molecule has 1 aromatic carbocycles. The van der Waals surface area contributed by atoms with Crippen LogP contribution < -0.4 is 14.5 Å². The monoisotopic (exact) mass is 394 g/mol. The second kappa shape index (κ2) is 7.17. The number of methoxy groups -OCH3 is 1. The molecule has 3 saturated heterocycles. The summed E-state index contributed by atoms with van der Waals surface area (Å²) < 4.78 is 5.55. The van der Waals surface area contributed by atoms with E-state index in [1.54, 1.807) is 7.11 Å². The largest absolute Gasteiger partial charge is 0.496 e. The van der Waals surface area contributed by atoms with Crippen molar-refractivity contribution in [1.82, 2.24) is 9.97 Å². The number of anilines is 2. The van der Waals surface area contributed by atoms with Gasteiger partial charge in [-0.25, -0.2) is 9.97 Å². The molecule has 0 saturated carbocycles. The SMILES string of the molecule is COc1ccccc1C1(O)CC2CCC(C1)N2c1cc(N2CCCC2)nc(C)n1. The zero-order valence-electron chi connectivity index (χ0n) is 17.3. The minimum atomic E-state index is -0.852. The molecule has 3 fully saturated rings. The summed E-state index contributed by atoms with van der Waals surface area (Å²) in [7, 11) is 1.68. The highest BCUT2D eigenvalue weighted by molar-refractivity contribution is 5.54. The Morgan fingerprint density at radius 3 is 2.38 bits per heavy atom. The molecule has 2 bridgehead atoms. The van der Waals surface area contributed by atoms with Gasteiger partial charge in [0.15, 0.2) is 0 Å². The second-order valence-electron chi connectivity index (χ2n) is 8.76. The topological polar surface area (TPSA) is 61.7 Å². The summed E-state index contributed by atoms with van der Waals surface area (Å²) >= 11 is 0. The van der Waals surface area contributed by atoms with Crippen LogP contribution in [-0.2, 0) is 5.60 Å². The second-order valence-corrected chi connectivity index (χ2v) is 8.76. The molecule has 0 spiro atoms. The summed E-state index contributed by atoms with van der Waals surface area (Å²) in [5, 5.41) is 11.6. The van der Waals surface area contributed by atoms with Crippen LogP contribution in [0.15, 0.2) is 30.3 Å². The molecule has 5 rings (SSSR count). The lowest BCUT2D eigenvalue weighted by Gasteiger charge is -2.45. The van der Waals surface area contributed by atoms with Gasteiger partial charge < -0.3 is 19.6 Å². The van der Waals surface area contributed by atoms with Crippen molar-refractivity contribution < 1.29 is 9.84 Å². The van der Waals surface area contributed by atoms with E-state index in [0.29, 0.717) is 12.8 Å². The van der Waals surface area contributed by atoms with Crippen LogP contribution >= 0.6 is 0 Å². The molecule has 4 heterocycles. The number of nitrogens with zero attached hydrogens (tertiary/aromatic N) is 4. The number of ether oxygens (including phenoxy) is 1. The summed E-state index contributed by atoms with van der Waals surface area (Å²) in [6.07, 6.45) is 6.05. The van der Waals surface area contributed by atoms with Crippen molar-refractivity contribution in [3.63, 3.8) is 0 Å². The van der Waals surface area contributed by atoms with Gasteiger partial charge in [-0.05, 0) is 38.7 Å². The normalized spacial score (nSPS) is 28.8. The number of aromatic nitrogens is 2. The number of benzene rings is 1. The van der Waals surface area contributed by atoms with Gasteiger partial charge in [0.05, 0.1) is 12.7 Å². The summed E-state index contributed by atoms with van der Waals surface area (Å²) in [6.45, 7) is 4.15. The zero-order valence-corrected chi connectivity index (χ0v) is 17.3. The number of fused-ring (bicyclic) bond motifs is 2. The van der Waals surface area contributed by atoms with Gasteiger partial charge in [-0.2, -0.15) is 0 Å². The first-order chi connectivity index (χ1) is 14.1. The highest BCUT2D eigenvalue weighted by Gasteiger charge is 2.49. The number of aryl methyl sites for hydroxylation is 1. The fourth-order valence-corrected chi connectivity index (χ4v) is 5.63. The van der Waals surface area contributed by atoms with E-state index in [1.807, 2.05) is 31.2 Å². The van der Waals surface area contributed by atoms with E-state index in [1.165, 1.54) is 12.8 Å². The molecule has 3 aliphatic rings. The van der Waals surface area contributed by atoms with Crippen LogP contribution in [0.4, 0.5) is 11.6 Å². The maximum Gasteiger partial charge on any atom is 0.134 e. The van der Waals surface area contributed by atoms with Gasteiger partial charge >= 0.3 is 0 Å². The Kier molecular flexibility index (Phi) is 4.62. The predicted octanol–water partition coefficient (Wildman–Crippen LogP) is 3.41. The highest BCUT2D eigenvalue weighted by Crippen LogP contribution is 2.49. The molecule has 29 heavy (non-hydrogen) atoms. The van der Waals surface area contributed by atoms with Crippen LogP contribution in [0.3, 0.4) is 0 Å². The summed E-state index contributed by atoms with van der Waals surface area (Å²) in [5.74, 6) is 3.68.